The highest BCUT2D eigenvalue weighted by molar-refractivity contribution is 7.89. The van der Waals surface area contributed by atoms with Gasteiger partial charge in [-0.15, -0.1) is 11.3 Å². The molecule has 0 fully saturated rings. The Labute approximate surface area is 113 Å². The van der Waals surface area contributed by atoms with Gasteiger partial charge in [0.05, 0.1) is 11.6 Å². The number of hydrogen-bond donors (Lipinski definition) is 2. The Balaban J connectivity index is 2.17. The van der Waals surface area contributed by atoms with Crippen LogP contribution in [0.3, 0.4) is 0 Å². The maximum atomic E-state index is 11.9. The molecular formula is C9H9ClN4O2S2. The summed E-state index contributed by atoms with van der Waals surface area (Å²) in [4.78, 5) is 7.65. The fraction of sp³-hybridized carbons (Fsp3) is 0.111. The summed E-state index contributed by atoms with van der Waals surface area (Å²) < 4.78 is 26.2. The molecule has 3 N–H and O–H groups in total. The van der Waals surface area contributed by atoms with Gasteiger partial charge in [-0.3, -0.25) is 0 Å². The van der Waals surface area contributed by atoms with Gasteiger partial charge in [-0.25, -0.2) is 23.1 Å². The summed E-state index contributed by atoms with van der Waals surface area (Å²) >= 11 is 7.09. The second kappa shape index (κ2) is 5.19. The van der Waals surface area contributed by atoms with Crippen LogP contribution >= 0.6 is 22.9 Å². The van der Waals surface area contributed by atoms with Crippen LogP contribution in [0.1, 0.15) is 5.01 Å². The minimum absolute atomic E-state index is 0.0294. The lowest BCUT2D eigenvalue weighted by Crippen LogP contribution is -2.23. The Morgan fingerprint density at radius 2 is 2.22 bits per heavy atom. The van der Waals surface area contributed by atoms with E-state index in [4.69, 9.17) is 17.3 Å². The second-order valence-electron chi connectivity index (χ2n) is 3.29. The molecule has 0 radical (unpaired) electrons. The molecule has 0 unspecified atom stereocenters. The normalized spacial score (nSPS) is 11.6. The number of nitrogen functional groups attached to an aromatic ring is 1. The molecule has 9 heteroatoms. The maximum absolute atomic E-state index is 11.9. The molecule has 2 heterocycles. The monoisotopic (exact) mass is 304 g/mol. The summed E-state index contributed by atoms with van der Waals surface area (Å²) in [6, 6.07) is 1.26. The van der Waals surface area contributed by atoms with Crippen molar-refractivity contribution in [3.8, 4) is 0 Å². The Hall–Kier alpha value is -1.22. The molecule has 0 aromatic carbocycles. The molecule has 0 saturated carbocycles. The number of rotatable bonds is 4. The van der Waals surface area contributed by atoms with Crippen LogP contribution < -0.4 is 10.5 Å². The average molecular weight is 305 g/mol. The van der Waals surface area contributed by atoms with E-state index in [-0.39, 0.29) is 22.3 Å². The quantitative estimate of drug-likeness (QED) is 0.886. The first-order chi connectivity index (χ1) is 8.49. The summed E-state index contributed by atoms with van der Waals surface area (Å²) in [5, 5.41) is 2.55. The van der Waals surface area contributed by atoms with Crippen LogP contribution in [0.4, 0.5) is 5.82 Å². The number of nitrogens with two attached hydrogens (primary N) is 1. The predicted molar refractivity (Wildman–Crippen MR) is 69.8 cm³/mol. The molecule has 0 amide bonds. The highest BCUT2D eigenvalue weighted by Crippen LogP contribution is 2.19. The van der Waals surface area contributed by atoms with E-state index >= 15 is 0 Å². The average Bonchev–Trinajstić information content (AvgIpc) is 2.83. The third kappa shape index (κ3) is 2.96. The van der Waals surface area contributed by atoms with Gasteiger partial charge in [-0.2, -0.15) is 0 Å². The molecule has 0 atom stereocenters. The van der Waals surface area contributed by atoms with Gasteiger partial charge in [0.25, 0.3) is 0 Å². The summed E-state index contributed by atoms with van der Waals surface area (Å²) in [5.41, 5.74) is 5.42. The van der Waals surface area contributed by atoms with Gasteiger partial charge in [-0.1, -0.05) is 11.6 Å². The highest BCUT2D eigenvalue weighted by Gasteiger charge is 2.16. The van der Waals surface area contributed by atoms with Crippen molar-refractivity contribution < 1.29 is 8.42 Å². The van der Waals surface area contributed by atoms with Crippen LogP contribution in [0.15, 0.2) is 28.7 Å². The Kier molecular flexibility index (Phi) is 3.81. The van der Waals surface area contributed by atoms with E-state index in [9.17, 15) is 8.42 Å². The highest BCUT2D eigenvalue weighted by atomic mass is 35.5. The lowest BCUT2D eigenvalue weighted by atomic mass is 10.5. The number of hydrogen-bond acceptors (Lipinski definition) is 6. The first-order valence-corrected chi connectivity index (χ1v) is 7.52. The van der Waals surface area contributed by atoms with Crippen LogP contribution in [0.2, 0.25) is 5.02 Å². The summed E-state index contributed by atoms with van der Waals surface area (Å²) in [6.45, 7) is 0.127. The summed E-state index contributed by atoms with van der Waals surface area (Å²) in [7, 11) is -3.66. The zero-order valence-electron chi connectivity index (χ0n) is 9.00. The Morgan fingerprint density at radius 1 is 1.44 bits per heavy atom. The number of halogens is 1. The van der Waals surface area contributed by atoms with Crippen molar-refractivity contribution >= 4 is 38.8 Å². The topological polar surface area (TPSA) is 98.0 Å². The van der Waals surface area contributed by atoms with Gasteiger partial charge in [0.2, 0.25) is 10.0 Å². The molecule has 0 aliphatic heterocycles. The Bertz CT molecular complexity index is 643. The number of sulfonamides is 1. The molecule has 96 valence electrons. The van der Waals surface area contributed by atoms with Gasteiger partial charge in [-0.05, 0) is 6.07 Å². The van der Waals surface area contributed by atoms with Crippen LogP contribution in [0.25, 0.3) is 0 Å². The largest absolute Gasteiger partial charge is 0.382 e. The van der Waals surface area contributed by atoms with E-state index in [1.807, 2.05) is 0 Å². The number of anilines is 1. The lowest BCUT2D eigenvalue weighted by Gasteiger charge is -2.06. The fourth-order valence-corrected chi connectivity index (χ4v) is 2.99. The van der Waals surface area contributed by atoms with Crippen molar-refractivity contribution in [1.29, 1.82) is 0 Å². The molecule has 0 aliphatic rings. The minimum atomic E-state index is -3.66. The van der Waals surface area contributed by atoms with Crippen molar-refractivity contribution in [2.75, 3.05) is 5.73 Å². The zero-order chi connectivity index (χ0) is 13.2. The van der Waals surface area contributed by atoms with Gasteiger partial charge in [0, 0.05) is 17.8 Å². The smallest absolute Gasteiger partial charge is 0.242 e. The molecular weight excluding hydrogens is 296 g/mol. The third-order valence-electron chi connectivity index (χ3n) is 2.05. The molecule has 0 bridgehead atoms. The van der Waals surface area contributed by atoms with Gasteiger partial charge in [0.15, 0.2) is 0 Å². The molecule has 0 saturated heterocycles. The van der Waals surface area contributed by atoms with Gasteiger partial charge >= 0.3 is 0 Å². The number of nitrogens with one attached hydrogen (secondary N) is 1. The van der Waals surface area contributed by atoms with Crippen LogP contribution in [0.5, 0.6) is 0 Å². The summed E-state index contributed by atoms with van der Waals surface area (Å²) in [6.07, 6.45) is 2.77. The fourth-order valence-electron chi connectivity index (χ4n) is 1.16. The first kappa shape index (κ1) is 13.2. The third-order valence-corrected chi connectivity index (χ3v) is 4.50. The SMILES string of the molecule is Nc1ncc(S(=O)(=O)NCc2nccs2)cc1Cl. The summed E-state index contributed by atoms with van der Waals surface area (Å²) in [5.74, 6) is 0.0931. The van der Waals surface area contributed by atoms with Crippen LogP contribution in [-0.4, -0.2) is 18.4 Å². The van der Waals surface area contributed by atoms with E-state index in [0.29, 0.717) is 5.01 Å². The molecule has 6 nitrogen and oxygen atoms in total. The standard InChI is InChI=1S/C9H9ClN4O2S2/c10-7-3-6(4-13-9(7)11)18(15,16)14-5-8-12-1-2-17-8/h1-4,14H,5H2,(H2,11,13). The van der Waals surface area contributed by atoms with Crippen LogP contribution in [-0.2, 0) is 16.6 Å². The number of pyridine rings is 1. The van der Waals surface area contributed by atoms with Gasteiger partial charge in [0.1, 0.15) is 15.7 Å². The van der Waals surface area contributed by atoms with E-state index < -0.39 is 10.0 Å². The van der Waals surface area contributed by atoms with Crippen molar-refractivity contribution in [2.45, 2.75) is 11.4 Å². The van der Waals surface area contributed by atoms with Crippen molar-refractivity contribution in [3.05, 3.63) is 33.9 Å². The van der Waals surface area contributed by atoms with E-state index in [1.54, 1.807) is 11.6 Å². The van der Waals surface area contributed by atoms with Gasteiger partial charge < -0.3 is 5.73 Å². The lowest BCUT2D eigenvalue weighted by molar-refractivity contribution is 0.581. The molecule has 2 rings (SSSR count). The predicted octanol–water partition coefficient (Wildman–Crippen LogP) is 1.25. The molecule has 18 heavy (non-hydrogen) atoms. The Morgan fingerprint density at radius 3 is 2.83 bits per heavy atom. The number of thiazole rings is 1. The van der Waals surface area contributed by atoms with Crippen LogP contribution in [0, 0.1) is 0 Å². The maximum Gasteiger partial charge on any atom is 0.242 e. The second-order valence-corrected chi connectivity index (χ2v) is 6.44. The number of aromatic nitrogens is 2. The van der Waals surface area contributed by atoms with Crippen molar-refractivity contribution in [2.24, 2.45) is 0 Å². The molecule has 2 aromatic rings. The molecule has 2 aromatic heterocycles. The number of nitrogens with zero attached hydrogens (tertiary/aromatic N) is 2. The molecule has 0 aliphatic carbocycles. The van der Waals surface area contributed by atoms with Crippen molar-refractivity contribution in [1.82, 2.24) is 14.7 Å². The van der Waals surface area contributed by atoms with E-state index in [1.165, 1.54) is 17.4 Å². The van der Waals surface area contributed by atoms with E-state index in [0.717, 1.165) is 6.20 Å². The minimum Gasteiger partial charge on any atom is -0.382 e. The van der Waals surface area contributed by atoms with Crippen molar-refractivity contribution in [3.63, 3.8) is 0 Å². The van der Waals surface area contributed by atoms with E-state index in [2.05, 4.69) is 14.7 Å². The first-order valence-electron chi connectivity index (χ1n) is 4.78. The zero-order valence-corrected chi connectivity index (χ0v) is 11.4. The molecule has 0 spiro atoms.